The lowest BCUT2D eigenvalue weighted by molar-refractivity contribution is 0.103. The standard InChI is InChI=1S/C15H13Br2NO/c1-8-3-10(6-11(18)4-8)15(19)12-7-13(16)9(2)5-14(12)17/h3-7H,18H2,1-2H3. The maximum absolute atomic E-state index is 12.5. The maximum atomic E-state index is 12.5. The van der Waals surface area contributed by atoms with Gasteiger partial charge in [-0.05, 0) is 55.3 Å². The summed E-state index contributed by atoms with van der Waals surface area (Å²) in [6, 6.07) is 9.15. The molecule has 2 nitrogen and oxygen atoms in total. The summed E-state index contributed by atoms with van der Waals surface area (Å²) in [7, 11) is 0. The highest BCUT2D eigenvalue weighted by molar-refractivity contribution is 9.11. The number of carbonyl (C=O) groups excluding carboxylic acids is 1. The van der Waals surface area contributed by atoms with E-state index in [1.54, 1.807) is 6.07 Å². The third kappa shape index (κ3) is 3.07. The first kappa shape index (κ1) is 14.3. The van der Waals surface area contributed by atoms with Gasteiger partial charge in [0.15, 0.2) is 5.78 Å². The predicted octanol–water partition coefficient (Wildman–Crippen LogP) is 4.64. The Kier molecular flexibility index (Phi) is 4.11. The quantitative estimate of drug-likeness (QED) is 0.607. The van der Waals surface area contributed by atoms with Crippen molar-refractivity contribution in [2.75, 3.05) is 5.73 Å². The number of benzene rings is 2. The molecule has 2 aromatic carbocycles. The number of nitrogen functional groups attached to an aromatic ring is 1. The van der Waals surface area contributed by atoms with Crippen LogP contribution < -0.4 is 5.73 Å². The van der Waals surface area contributed by atoms with Crippen LogP contribution in [-0.4, -0.2) is 5.78 Å². The van der Waals surface area contributed by atoms with Crippen LogP contribution in [0.25, 0.3) is 0 Å². The lowest BCUT2D eigenvalue weighted by atomic mass is 10.00. The Morgan fingerprint density at radius 2 is 1.68 bits per heavy atom. The van der Waals surface area contributed by atoms with E-state index in [1.807, 2.05) is 38.1 Å². The van der Waals surface area contributed by atoms with E-state index in [0.717, 1.165) is 20.1 Å². The van der Waals surface area contributed by atoms with Crippen LogP contribution in [0.2, 0.25) is 0 Å². The second kappa shape index (κ2) is 5.47. The summed E-state index contributed by atoms with van der Waals surface area (Å²) in [5, 5.41) is 0. The van der Waals surface area contributed by atoms with Gasteiger partial charge < -0.3 is 5.73 Å². The van der Waals surface area contributed by atoms with E-state index < -0.39 is 0 Å². The number of hydrogen-bond donors (Lipinski definition) is 1. The minimum absolute atomic E-state index is 0.0389. The minimum atomic E-state index is -0.0389. The summed E-state index contributed by atoms with van der Waals surface area (Å²) in [5.74, 6) is -0.0389. The normalized spacial score (nSPS) is 10.5. The summed E-state index contributed by atoms with van der Waals surface area (Å²) < 4.78 is 1.71. The summed E-state index contributed by atoms with van der Waals surface area (Å²) in [5.41, 5.74) is 9.68. The van der Waals surface area contributed by atoms with E-state index in [2.05, 4.69) is 31.9 Å². The van der Waals surface area contributed by atoms with E-state index in [4.69, 9.17) is 5.73 Å². The molecule has 0 saturated carbocycles. The summed E-state index contributed by atoms with van der Waals surface area (Å²) in [4.78, 5) is 12.5. The van der Waals surface area contributed by atoms with Gasteiger partial charge in [-0.2, -0.15) is 0 Å². The zero-order valence-electron chi connectivity index (χ0n) is 10.6. The van der Waals surface area contributed by atoms with Gasteiger partial charge in [-0.3, -0.25) is 4.79 Å². The van der Waals surface area contributed by atoms with Crippen molar-refractivity contribution in [2.45, 2.75) is 13.8 Å². The highest BCUT2D eigenvalue weighted by Gasteiger charge is 2.15. The molecular formula is C15H13Br2NO. The molecule has 0 aromatic heterocycles. The van der Waals surface area contributed by atoms with Crippen molar-refractivity contribution < 1.29 is 4.79 Å². The molecule has 0 amide bonds. The van der Waals surface area contributed by atoms with Gasteiger partial charge in [-0.25, -0.2) is 0 Å². The van der Waals surface area contributed by atoms with Crippen molar-refractivity contribution in [3.8, 4) is 0 Å². The molecule has 0 aliphatic heterocycles. The molecule has 0 spiro atoms. The lowest BCUT2D eigenvalue weighted by Crippen LogP contribution is -2.04. The molecule has 0 heterocycles. The van der Waals surface area contributed by atoms with Gasteiger partial charge >= 0.3 is 0 Å². The third-order valence-corrected chi connectivity index (χ3v) is 4.37. The molecule has 0 aliphatic carbocycles. The highest BCUT2D eigenvalue weighted by Crippen LogP contribution is 2.28. The molecule has 0 atom stereocenters. The molecule has 0 aliphatic rings. The minimum Gasteiger partial charge on any atom is -0.399 e. The van der Waals surface area contributed by atoms with Gasteiger partial charge in [-0.1, -0.05) is 31.9 Å². The Morgan fingerprint density at radius 3 is 2.32 bits per heavy atom. The number of hydrogen-bond acceptors (Lipinski definition) is 2. The van der Waals surface area contributed by atoms with E-state index in [1.165, 1.54) is 0 Å². The summed E-state index contributed by atoms with van der Waals surface area (Å²) in [6.45, 7) is 3.90. The van der Waals surface area contributed by atoms with Gasteiger partial charge in [-0.15, -0.1) is 0 Å². The van der Waals surface area contributed by atoms with Crippen LogP contribution in [0.15, 0.2) is 39.3 Å². The maximum Gasteiger partial charge on any atom is 0.194 e. The van der Waals surface area contributed by atoms with Crippen LogP contribution in [0.5, 0.6) is 0 Å². The Labute approximate surface area is 129 Å². The largest absolute Gasteiger partial charge is 0.399 e. The van der Waals surface area contributed by atoms with Crippen molar-refractivity contribution in [1.29, 1.82) is 0 Å². The number of carbonyl (C=O) groups is 1. The summed E-state index contributed by atoms with van der Waals surface area (Å²) >= 11 is 6.90. The van der Waals surface area contributed by atoms with Gasteiger partial charge in [0.2, 0.25) is 0 Å². The second-order valence-corrected chi connectivity index (χ2v) is 6.25. The fraction of sp³-hybridized carbons (Fsp3) is 0.133. The molecule has 0 unspecified atom stereocenters. The Balaban J connectivity index is 2.53. The number of anilines is 1. The molecule has 98 valence electrons. The van der Waals surface area contributed by atoms with E-state index in [-0.39, 0.29) is 5.78 Å². The zero-order valence-corrected chi connectivity index (χ0v) is 13.8. The van der Waals surface area contributed by atoms with Crippen molar-refractivity contribution in [2.24, 2.45) is 0 Å². The molecule has 0 saturated heterocycles. The van der Waals surface area contributed by atoms with Crippen molar-refractivity contribution in [3.05, 3.63) is 61.5 Å². The number of halogens is 2. The molecule has 19 heavy (non-hydrogen) atoms. The van der Waals surface area contributed by atoms with Gasteiger partial charge in [0.1, 0.15) is 0 Å². The van der Waals surface area contributed by atoms with Crippen molar-refractivity contribution >= 4 is 43.3 Å². The van der Waals surface area contributed by atoms with E-state index in [0.29, 0.717) is 16.8 Å². The molecule has 2 aromatic rings. The molecule has 0 bridgehead atoms. The summed E-state index contributed by atoms with van der Waals surface area (Å²) in [6.07, 6.45) is 0. The topological polar surface area (TPSA) is 43.1 Å². The van der Waals surface area contributed by atoms with Crippen LogP contribution in [0.4, 0.5) is 5.69 Å². The Hall–Kier alpha value is -1.13. The molecule has 2 rings (SSSR count). The number of nitrogens with two attached hydrogens (primary N) is 1. The average molecular weight is 383 g/mol. The van der Waals surface area contributed by atoms with Crippen LogP contribution in [0.1, 0.15) is 27.0 Å². The second-order valence-electron chi connectivity index (χ2n) is 4.54. The van der Waals surface area contributed by atoms with Crippen LogP contribution in [0, 0.1) is 13.8 Å². The van der Waals surface area contributed by atoms with Crippen molar-refractivity contribution in [1.82, 2.24) is 0 Å². The predicted molar refractivity (Wildman–Crippen MR) is 85.6 cm³/mol. The lowest BCUT2D eigenvalue weighted by Gasteiger charge is -2.08. The van der Waals surface area contributed by atoms with Crippen LogP contribution in [-0.2, 0) is 0 Å². The first-order valence-corrected chi connectivity index (χ1v) is 7.34. The molecule has 0 fully saturated rings. The van der Waals surface area contributed by atoms with E-state index >= 15 is 0 Å². The smallest absolute Gasteiger partial charge is 0.194 e. The van der Waals surface area contributed by atoms with Crippen molar-refractivity contribution in [3.63, 3.8) is 0 Å². The number of aryl methyl sites for hydroxylation is 2. The SMILES string of the molecule is Cc1cc(N)cc(C(=O)c2cc(Br)c(C)cc2Br)c1. The van der Waals surface area contributed by atoms with Crippen LogP contribution in [0.3, 0.4) is 0 Å². The number of ketones is 1. The average Bonchev–Trinajstić information content (AvgIpc) is 2.31. The van der Waals surface area contributed by atoms with Gasteiger partial charge in [0.25, 0.3) is 0 Å². The zero-order chi connectivity index (χ0) is 14.2. The molecule has 4 heteroatoms. The van der Waals surface area contributed by atoms with Gasteiger partial charge in [0.05, 0.1) is 0 Å². The first-order chi connectivity index (χ1) is 8.88. The fourth-order valence-electron chi connectivity index (χ4n) is 1.92. The fourth-order valence-corrected chi connectivity index (χ4v) is 2.90. The Morgan fingerprint density at radius 1 is 1.00 bits per heavy atom. The highest BCUT2D eigenvalue weighted by atomic mass is 79.9. The molecule has 2 N–H and O–H groups in total. The third-order valence-electron chi connectivity index (χ3n) is 2.85. The van der Waals surface area contributed by atoms with Crippen LogP contribution >= 0.6 is 31.9 Å². The van der Waals surface area contributed by atoms with Gasteiger partial charge in [0, 0.05) is 25.8 Å². The van der Waals surface area contributed by atoms with E-state index in [9.17, 15) is 4.79 Å². The monoisotopic (exact) mass is 381 g/mol. The molecule has 0 radical (unpaired) electrons. The number of rotatable bonds is 2. The first-order valence-electron chi connectivity index (χ1n) is 5.76. The molecular weight excluding hydrogens is 370 g/mol. The Bertz CT molecular complexity index is 645.